The molecular formula is C16H23NO3. The van der Waals surface area contributed by atoms with E-state index in [1.807, 2.05) is 6.07 Å². The third kappa shape index (κ3) is 3.73. The van der Waals surface area contributed by atoms with E-state index in [9.17, 15) is 4.79 Å². The number of hydrogen-bond acceptors (Lipinski definition) is 4. The zero-order valence-electron chi connectivity index (χ0n) is 12.1. The number of carbonyl (C=O) groups is 1. The van der Waals surface area contributed by atoms with E-state index in [1.165, 1.54) is 39.2 Å². The highest BCUT2D eigenvalue weighted by atomic mass is 16.5. The molecule has 2 rings (SSSR count). The zero-order valence-corrected chi connectivity index (χ0v) is 12.1. The van der Waals surface area contributed by atoms with Gasteiger partial charge in [0.25, 0.3) is 0 Å². The van der Waals surface area contributed by atoms with Crippen molar-refractivity contribution >= 4 is 5.97 Å². The molecule has 0 aromatic heterocycles. The first kappa shape index (κ1) is 14.9. The largest absolute Gasteiger partial charge is 0.493 e. The number of ether oxygens (including phenoxy) is 2. The normalized spacial score (nSPS) is 15.9. The molecule has 0 atom stereocenters. The summed E-state index contributed by atoms with van der Waals surface area (Å²) in [5, 5.41) is 0. The minimum atomic E-state index is -0.349. The van der Waals surface area contributed by atoms with E-state index in [0.29, 0.717) is 18.0 Å². The van der Waals surface area contributed by atoms with Gasteiger partial charge in [-0.2, -0.15) is 0 Å². The van der Waals surface area contributed by atoms with Crippen molar-refractivity contribution in [3.05, 3.63) is 29.3 Å². The predicted octanol–water partition coefficient (Wildman–Crippen LogP) is 2.89. The molecule has 20 heavy (non-hydrogen) atoms. The van der Waals surface area contributed by atoms with Crippen LogP contribution in [0.3, 0.4) is 0 Å². The third-order valence-electron chi connectivity index (χ3n) is 3.90. The van der Waals surface area contributed by atoms with Crippen molar-refractivity contribution in [2.24, 2.45) is 11.7 Å². The lowest BCUT2D eigenvalue weighted by atomic mass is 9.90. The quantitative estimate of drug-likeness (QED) is 0.841. The first-order valence-corrected chi connectivity index (χ1v) is 7.28. The van der Waals surface area contributed by atoms with Gasteiger partial charge in [-0.25, -0.2) is 4.79 Å². The van der Waals surface area contributed by atoms with E-state index < -0.39 is 0 Å². The molecule has 0 spiro atoms. The predicted molar refractivity (Wildman–Crippen MR) is 77.7 cm³/mol. The van der Waals surface area contributed by atoms with E-state index in [4.69, 9.17) is 15.2 Å². The minimum absolute atomic E-state index is 0.349. The van der Waals surface area contributed by atoms with E-state index in [-0.39, 0.29) is 5.97 Å². The van der Waals surface area contributed by atoms with Crippen LogP contribution in [0.25, 0.3) is 0 Å². The second-order valence-corrected chi connectivity index (χ2v) is 5.33. The maximum atomic E-state index is 11.5. The molecule has 0 amide bonds. The van der Waals surface area contributed by atoms with Crippen LogP contribution in [0.2, 0.25) is 0 Å². The fourth-order valence-corrected chi connectivity index (χ4v) is 2.69. The van der Waals surface area contributed by atoms with Gasteiger partial charge >= 0.3 is 5.97 Å². The van der Waals surface area contributed by atoms with Crippen molar-refractivity contribution in [1.29, 1.82) is 0 Å². The topological polar surface area (TPSA) is 61.5 Å². The van der Waals surface area contributed by atoms with Crippen molar-refractivity contribution < 1.29 is 14.3 Å². The number of benzene rings is 1. The van der Waals surface area contributed by atoms with E-state index in [2.05, 4.69) is 0 Å². The summed E-state index contributed by atoms with van der Waals surface area (Å²) in [6, 6.07) is 5.29. The van der Waals surface area contributed by atoms with Crippen LogP contribution < -0.4 is 10.5 Å². The van der Waals surface area contributed by atoms with Crippen LogP contribution in [0, 0.1) is 5.92 Å². The lowest BCUT2D eigenvalue weighted by Gasteiger charge is -2.22. The van der Waals surface area contributed by atoms with Crippen LogP contribution in [0.4, 0.5) is 0 Å². The lowest BCUT2D eigenvalue weighted by Crippen LogP contribution is -2.16. The Kier molecular flexibility index (Phi) is 5.41. The Labute approximate surface area is 120 Å². The SMILES string of the molecule is COC(=O)c1ccc(OCC2CCCCC2)c(CN)c1. The van der Waals surface area contributed by atoms with Crippen LogP contribution >= 0.6 is 0 Å². The van der Waals surface area contributed by atoms with Crippen molar-refractivity contribution in [1.82, 2.24) is 0 Å². The molecule has 1 fully saturated rings. The van der Waals surface area contributed by atoms with Crippen molar-refractivity contribution in [2.45, 2.75) is 38.6 Å². The summed E-state index contributed by atoms with van der Waals surface area (Å²) in [7, 11) is 1.37. The number of rotatable bonds is 5. The zero-order chi connectivity index (χ0) is 14.4. The highest BCUT2D eigenvalue weighted by Gasteiger charge is 2.15. The molecule has 4 heteroatoms. The van der Waals surface area contributed by atoms with Crippen LogP contribution in [0.1, 0.15) is 48.0 Å². The molecule has 1 aliphatic rings. The van der Waals surface area contributed by atoms with Gasteiger partial charge in [-0.1, -0.05) is 19.3 Å². The first-order valence-electron chi connectivity index (χ1n) is 7.28. The number of esters is 1. The van der Waals surface area contributed by atoms with Crippen LogP contribution in [0.15, 0.2) is 18.2 Å². The smallest absolute Gasteiger partial charge is 0.337 e. The van der Waals surface area contributed by atoms with Gasteiger partial charge < -0.3 is 15.2 Å². The molecule has 0 bridgehead atoms. The van der Waals surface area contributed by atoms with Gasteiger partial charge in [-0.3, -0.25) is 0 Å². The maximum absolute atomic E-state index is 11.5. The summed E-state index contributed by atoms with van der Waals surface area (Å²) in [6.45, 7) is 1.09. The molecule has 2 N–H and O–H groups in total. The van der Waals surface area contributed by atoms with Crippen molar-refractivity contribution in [3.63, 3.8) is 0 Å². The van der Waals surface area contributed by atoms with Gasteiger partial charge in [0.05, 0.1) is 19.3 Å². The molecule has 1 aromatic carbocycles. The fourth-order valence-electron chi connectivity index (χ4n) is 2.69. The monoisotopic (exact) mass is 277 g/mol. The Morgan fingerprint density at radius 1 is 1.30 bits per heavy atom. The van der Waals surface area contributed by atoms with E-state index >= 15 is 0 Å². The Morgan fingerprint density at radius 2 is 2.05 bits per heavy atom. The molecule has 0 radical (unpaired) electrons. The van der Waals surface area contributed by atoms with E-state index in [1.54, 1.807) is 12.1 Å². The Morgan fingerprint density at radius 3 is 2.70 bits per heavy atom. The van der Waals surface area contributed by atoms with Gasteiger partial charge in [-0.05, 0) is 37.0 Å². The third-order valence-corrected chi connectivity index (χ3v) is 3.90. The highest BCUT2D eigenvalue weighted by Crippen LogP contribution is 2.26. The summed E-state index contributed by atoms with van der Waals surface area (Å²) >= 11 is 0. The Bertz CT molecular complexity index is 453. The van der Waals surface area contributed by atoms with Gasteiger partial charge in [0.15, 0.2) is 0 Å². The first-order chi connectivity index (χ1) is 9.74. The average molecular weight is 277 g/mol. The van der Waals surface area contributed by atoms with Gasteiger partial charge in [0.2, 0.25) is 0 Å². The van der Waals surface area contributed by atoms with Crippen LogP contribution in [-0.4, -0.2) is 19.7 Å². The van der Waals surface area contributed by atoms with Crippen LogP contribution in [-0.2, 0) is 11.3 Å². The Balaban J connectivity index is 2.01. The van der Waals surface area contributed by atoms with Gasteiger partial charge in [0.1, 0.15) is 5.75 Å². The average Bonchev–Trinajstić information content (AvgIpc) is 2.53. The second kappa shape index (κ2) is 7.29. The lowest BCUT2D eigenvalue weighted by molar-refractivity contribution is 0.0600. The maximum Gasteiger partial charge on any atom is 0.337 e. The summed E-state index contributed by atoms with van der Waals surface area (Å²) in [6.07, 6.45) is 6.45. The molecule has 1 aromatic rings. The molecule has 0 saturated heterocycles. The highest BCUT2D eigenvalue weighted by molar-refractivity contribution is 5.89. The van der Waals surface area contributed by atoms with Gasteiger partial charge in [-0.15, -0.1) is 0 Å². The summed E-state index contributed by atoms with van der Waals surface area (Å²) in [4.78, 5) is 11.5. The second-order valence-electron chi connectivity index (χ2n) is 5.33. The van der Waals surface area contributed by atoms with E-state index in [0.717, 1.165) is 17.9 Å². The summed E-state index contributed by atoms with van der Waals surface area (Å²) < 4.78 is 10.6. The number of methoxy groups -OCH3 is 1. The summed E-state index contributed by atoms with van der Waals surface area (Å²) in [5.74, 6) is 1.08. The number of nitrogens with two attached hydrogens (primary N) is 1. The number of hydrogen-bond donors (Lipinski definition) is 1. The number of carbonyl (C=O) groups excluding carboxylic acids is 1. The van der Waals surface area contributed by atoms with Crippen LogP contribution in [0.5, 0.6) is 5.75 Å². The standard InChI is InChI=1S/C16H23NO3/c1-19-16(18)13-7-8-15(14(9-13)10-17)20-11-12-5-3-2-4-6-12/h7-9,12H,2-6,10-11,17H2,1H3. The molecule has 110 valence electrons. The molecule has 1 saturated carbocycles. The molecule has 0 heterocycles. The molecule has 1 aliphatic carbocycles. The van der Waals surface area contributed by atoms with Crippen molar-refractivity contribution in [3.8, 4) is 5.75 Å². The summed E-state index contributed by atoms with van der Waals surface area (Å²) in [5.41, 5.74) is 7.10. The molecule has 0 unspecified atom stereocenters. The van der Waals surface area contributed by atoms with Crippen molar-refractivity contribution in [2.75, 3.05) is 13.7 Å². The molecule has 0 aliphatic heterocycles. The Hall–Kier alpha value is -1.55. The molecular weight excluding hydrogens is 254 g/mol. The fraction of sp³-hybridized carbons (Fsp3) is 0.562. The van der Waals surface area contributed by atoms with Gasteiger partial charge in [0, 0.05) is 12.1 Å². The molecule has 4 nitrogen and oxygen atoms in total. The minimum Gasteiger partial charge on any atom is -0.493 e.